The standard InChI is InChI=1S/C18H21ClN2O4/c1-2-24-18(23)25-17-11-21(8-6-16(17)22)7-5-12-10-20-15-4-3-13(19)9-14(12)15/h3-4,9-10,20,22H,2,5-8,11H2,1H3. The number of aliphatic hydroxyl groups is 1. The van der Waals surface area contributed by atoms with Crippen molar-refractivity contribution < 1.29 is 19.4 Å². The average molecular weight is 365 g/mol. The third-order valence-corrected chi connectivity index (χ3v) is 4.48. The number of H-pyrrole nitrogens is 1. The van der Waals surface area contributed by atoms with E-state index in [0.29, 0.717) is 24.5 Å². The fourth-order valence-corrected chi connectivity index (χ4v) is 3.11. The number of hydrogen-bond acceptors (Lipinski definition) is 5. The summed E-state index contributed by atoms with van der Waals surface area (Å²) in [5.41, 5.74) is 2.24. The first-order valence-corrected chi connectivity index (χ1v) is 8.68. The van der Waals surface area contributed by atoms with Crippen LogP contribution in [0.15, 0.2) is 35.9 Å². The van der Waals surface area contributed by atoms with Crippen LogP contribution in [0.1, 0.15) is 18.9 Å². The van der Waals surface area contributed by atoms with Crippen LogP contribution in [0.4, 0.5) is 4.79 Å². The lowest BCUT2D eigenvalue weighted by Gasteiger charge is -2.27. The predicted octanol–water partition coefficient (Wildman–Crippen LogP) is 4.01. The lowest BCUT2D eigenvalue weighted by atomic mass is 10.1. The Hall–Kier alpha value is -2.18. The number of nitrogens with zero attached hydrogens (tertiary/aromatic N) is 1. The van der Waals surface area contributed by atoms with Gasteiger partial charge in [0.1, 0.15) is 5.76 Å². The van der Waals surface area contributed by atoms with E-state index in [1.54, 1.807) is 6.92 Å². The molecule has 0 bridgehead atoms. The first-order valence-electron chi connectivity index (χ1n) is 8.30. The molecule has 0 amide bonds. The second-order valence-electron chi connectivity index (χ2n) is 5.93. The Labute approximate surface area is 151 Å². The lowest BCUT2D eigenvalue weighted by molar-refractivity contribution is 0.0663. The van der Waals surface area contributed by atoms with Crippen molar-refractivity contribution >= 4 is 28.7 Å². The zero-order chi connectivity index (χ0) is 17.8. The van der Waals surface area contributed by atoms with Gasteiger partial charge in [0.05, 0.1) is 13.2 Å². The van der Waals surface area contributed by atoms with Crippen LogP contribution < -0.4 is 0 Å². The Kier molecular flexibility index (Phi) is 5.50. The minimum absolute atomic E-state index is 0.114. The van der Waals surface area contributed by atoms with E-state index in [2.05, 4.69) is 9.88 Å². The quantitative estimate of drug-likeness (QED) is 0.784. The van der Waals surface area contributed by atoms with Crippen LogP contribution >= 0.6 is 11.6 Å². The Bertz CT molecular complexity index is 799. The highest BCUT2D eigenvalue weighted by atomic mass is 35.5. The number of halogens is 1. The fourth-order valence-electron chi connectivity index (χ4n) is 2.94. The van der Waals surface area contributed by atoms with E-state index in [4.69, 9.17) is 21.1 Å². The number of ether oxygens (including phenoxy) is 2. The van der Waals surface area contributed by atoms with Crippen LogP contribution in [-0.2, 0) is 15.9 Å². The van der Waals surface area contributed by atoms with Crippen LogP contribution in [0.5, 0.6) is 0 Å². The molecule has 2 N–H and O–H groups in total. The molecule has 1 aromatic heterocycles. The Morgan fingerprint density at radius 3 is 3.08 bits per heavy atom. The highest BCUT2D eigenvalue weighted by Gasteiger charge is 2.22. The van der Waals surface area contributed by atoms with E-state index in [1.165, 1.54) is 5.56 Å². The van der Waals surface area contributed by atoms with Crippen LogP contribution in [-0.4, -0.2) is 47.4 Å². The number of nitrogens with one attached hydrogen (secondary N) is 1. The summed E-state index contributed by atoms with van der Waals surface area (Å²) in [5.74, 6) is 0.384. The van der Waals surface area contributed by atoms with E-state index in [0.717, 1.165) is 23.9 Å². The van der Waals surface area contributed by atoms with Crippen molar-refractivity contribution in [2.24, 2.45) is 0 Å². The largest absolute Gasteiger partial charge is 0.513 e. The molecule has 0 aliphatic carbocycles. The number of aromatic nitrogens is 1. The van der Waals surface area contributed by atoms with Gasteiger partial charge in [-0.05, 0) is 37.1 Å². The van der Waals surface area contributed by atoms with E-state index in [9.17, 15) is 9.90 Å². The molecule has 25 heavy (non-hydrogen) atoms. The van der Waals surface area contributed by atoms with Crippen LogP contribution in [0.3, 0.4) is 0 Å². The van der Waals surface area contributed by atoms with E-state index >= 15 is 0 Å². The second kappa shape index (κ2) is 7.80. The van der Waals surface area contributed by atoms with Gasteiger partial charge >= 0.3 is 6.16 Å². The summed E-state index contributed by atoms with van der Waals surface area (Å²) in [5, 5.41) is 11.8. The molecule has 0 saturated carbocycles. The fraction of sp³-hybridized carbons (Fsp3) is 0.389. The van der Waals surface area contributed by atoms with Gasteiger partial charge in [-0.3, -0.25) is 4.90 Å². The van der Waals surface area contributed by atoms with Crippen molar-refractivity contribution in [1.29, 1.82) is 0 Å². The van der Waals surface area contributed by atoms with Gasteiger partial charge in [0.2, 0.25) is 0 Å². The predicted molar refractivity (Wildman–Crippen MR) is 95.8 cm³/mol. The molecule has 0 radical (unpaired) electrons. The minimum atomic E-state index is -0.780. The molecular formula is C18H21ClN2O4. The summed E-state index contributed by atoms with van der Waals surface area (Å²) in [6, 6.07) is 5.79. The van der Waals surface area contributed by atoms with Gasteiger partial charge in [-0.1, -0.05) is 11.6 Å². The topological polar surface area (TPSA) is 74.8 Å². The molecule has 1 aromatic carbocycles. The van der Waals surface area contributed by atoms with Crippen LogP contribution in [0.25, 0.3) is 10.9 Å². The van der Waals surface area contributed by atoms with Gasteiger partial charge in [0.25, 0.3) is 0 Å². The molecule has 0 fully saturated rings. The number of carbonyl (C=O) groups is 1. The van der Waals surface area contributed by atoms with E-state index in [-0.39, 0.29) is 18.1 Å². The highest BCUT2D eigenvalue weighted by molar-refractivity contribution is 6.31. The van der Waals surface area contributed by atoms with Gasteiger partial charge in [-0.2, -0.15) is 0 Å². The number of rotatable bonds is 5. The molecule has 3 rings (SSSR count). The molecule has 0 atom stereocenters. The number of benzene rings is 1. The number of aliphatic hydroxyl groups excluding tert-OH is 1. The maximum Gasteiger partial charge on any atom is 0.513 e. The van der Waals surface area contributed by atoms with Gasteiger partial charge in [0.15, 0.2) is 5.76 Å². The summed E-state index contributed by atoms with van der Waals surface area (Å²) >= 11 is 6.09. The minimum Gasteiger partial charge on any atom is -0.509 e. The molecule has 0 saturated heterocycles. The first-order chi connectivity index (χ1) is 12.1. The third-order valence-electron chi connectivity index (χ3n) is 4.25. The molecule has 0 unspecified atom stereocenters. The number of hydrogen-bond donors (Lipinski definition) is 2. The highest BCUT2D eigenvalue weighted by Crippen LogP contribution is 2.24. The van der Waals surface area contributed by atoms with Crippen molar-refractivity contribution in [2.75, 3.05) is 26.2 Å². The van der Waals surface area contributed by atoms with Crippen molar-refractivity contribution in [3.8, 4) is 0 Å². The lowest BCUT2D eigenvalue weighted by Crippen LogP contribution is -2.34. The Morgan fingerprint density at radius 2 is 2.28 bits per heavy atom. The normalized spacial score (nSPS) is 15.6. The van der Waals surface area contributed by atoms with E-state index < -0.39 is 6.16 Å². The zero-order valence-corrected chi connectivity index (χ0v) is 14.8. The smallest absolute Gasteiger partial charge is 0.509 e. The molecule has 1 aliphatic rings. The maximum atomic E-state index is 11.5. The molecule has 6 nitrogen and oxygen atoms in total. The summed E-state index contributed by atoms with van der Waals surface area (Å²) in [6.07, 6.45) is 2.49. The molecule has 0 spiro atoms. The van der Waals surface area contributed by atoms with Crippen molar-refractivity contribution in [3.63, 3.8) is 0 Å². The average Bonchev–Trinajstić information content (AvgIpc) is 2.98. The van der Waals surface area contributed by atoms with Crippen molar-refractivity contribution in [1.82, 2.24) is 9.88 Å². The Morgan fingerprint density at radius 1 is 1.44 bits per heavy atom. The van der Waals surface area contributed by atoms with E-state index in [1.807, 2.05) is 24.4 Å². The van der Waals surface area contributed by atoms with Crippen LogP contribution in [0, 0.1) is 0 Å². The molecular weight excluding hydrogens is 344 g/mol. The molecule has 2 aromatic rings. The summed E-state index contributed by atoms with van der Waals surface area (Å²) < 4.78 is 9.87. The van der Waals surface area contributed by atoms with Crippen molar-refractivity contribution in [3.05, 3.63) is 46.5 Å². The Balaban J connectivity index is 1.62. The van der Waals surface area contributed by atoms with Crippen molar-refractivity contribution in [2.45, 2.75) is 19.8 Å². The summed E-state index contributed by atoms with van der Waals surface area (Å²) in [6.45, 7) is 3.82. The van der Waals surface area contributed by atoms with Gasteiger partial charge in [-0.15, -0.1) is 0 Å². The summed E-state index contributed by atoms with van der Waals surface area (Å²) in [4.78, 5) is 16.8. The van der Waals surface area contributed by atoms with Gasteiger partial charge in [0, 0.05) is 41.6 Å². The molecule has 134 valence electrons. The first kappa shape index (κ1) is 17.6. The maximum absolute atomic E-state index is 11.5. The zero-order valence-electron chi connectivity index (χ0n) is 14.0. The molecule has 1 aliphatic heterocycles. The van der Waals surface area contributed by atoms with Crippen LogP contribution in [0.2, 0.25) is 5.02 Å². The monoisotopic (exact) mass is 364 g/mol. The number of fused-ring (bicyclic) bond motifs is 1. The third kappa shape index (κ3) is 4.27. The van der Waals surface area contributed by atoms with Gasteiger partial charge < -0.3 is 19.6 Å². The SMILES string of the molecule is CCOC(=O)OC1=C(O)CCN(CCc2c[nH]c3ccc(Cl)cc23)C1. The number of aromatic amines is 1. The van der Waals surface area contributed by atoms with Gasteiger partial charge in [-0.25, -0.2) is 4.79 Å². The summed E-state index contributed by atoms with van der Waals surface area (Å²) in [7, 11) is 0. The molecule has 7 heteroatoms. The second-order valence-corrected chi connectivity index (χ2v) is 6.37. The molecule has 2 heterocycles. The number of carbonyl (C=O) groups excluding carboxylic acids is 1.